The molecule has 0 bridgehead atoms. The van der Waals surface area contributed by atoms with Crippen LogP contribution in [0, 0.1) is 6.92 Å². The summed E-state index contributed by atoms with van der Waals surface area (Å²) in [7, 11) is -2.94. The summed E-state index contributed by atoms with van der Waals surface area (Å²) in [5, 5.41) is 7.32. The van der Waals surface area contributed by atoms with Crippen LogP contribution in [0.5, 0.6) is 0 Å². The quantitative estimate of drug-likeness (QED) is 0.109. The number of aromatic nitrogens is 1. The molecule has 55 heavy (non-hydrogen) atoms. The highest BCUT2D eigenvalue weighted by atomic mass is 32.1. The normalized spacial score (nSPS) is 12.1. The second-order valence-corrected chi connectivity index (χ2v) is 20.6. The first-order valence-corrected chi connectivity index (χ1v) is 23.8. The Kier molecular flexibility index (Phi) is 10.2. The Bertz CT molecular complexity index is 2770. The van der Waals surface area contributed by atoms with E-state index in [-0.39, 0.29) is 0 Å². The van der Waals surface area contributed by atoms with Crippen LogP contribution in [0.2, 0.25) is 0 Å². The molecule has 0 amide bonds. The molecule has 0 saturated heterocycles. The maximum atomic E-state index is 6.19. The third-order valence-electron chi connectivity index (χ3n) is 10.0. The molecule has 0 aliphatic carbocycles. The Morgan fingerprint density at radius 1 is 0.545 bits per heavy atom. The summed E-state index contributed by atoms with van der Waals surface area (Å²) in [5.74, 6) is 0. The van der Waals surface area contributed by atoms with Crippen LogP contribution in [0.1, 0.15) is 31.9 Å². The average molecular weight is 812 g/mol. The van der Waals surface area contributed by atoms with E-state index in [1.807, 2.05) is 54.8 Å². The predicted octanol–water partition coefficient (Wildman–Crippen LogP) is 13.5. The van der Waals surface area contributed by atoms with Crippen molar-refractivity contribution in [1.82, 2.24) is 4.57 Å². The van der Waals surface area contributed by atoms with Gasteiger partial charge in [-0.15, -0.1) is 45.3 Å². The molecule has 9 rings (SSSR count). The second kappa shape index (κ2) is 15.4. The van der Waals surface area contributed by atoms with E-state index in [1.165, 1.54) is 84.1 Å². The van der Waals surface area contributed by atoms with Crippen molar-refractivity contribution < 1.29 is 13.3 Å². The van der Waals surface area contributed by atoms with E-state index in [9.17, 15) is 0 Å². The maximum absolute atomic E-state index is 6.19. The highest BCUT2D eigenvalue weighted by Crippen LogP contribution is 2.43. The number of hydrogen-bond donors (Lipinski definition) is 0. The van der Waals surface area contributed by atoms with Crippen LogP contribution in [0.3, 0.4) is 0 Å². The van der Waals surface area contributed by atoms with Crippen LogP contribution in [-0.4, -0.2) is 33.2 Å². The van der Waals surface area contributed by atoms with Crippen LogP contribution in [-0.2, 0) is 19.8 Å². The summed E-state index contributed by atoms with van der Waals surface area (Å²) < 4.78 is 22.1. The highest BCUT2D eigenvalue weighted by Gasteiger charge is 2.45. The fourth-order valence-electron chi connectivity index (χ4n) is 7.53. The number of hydrogen-bond acceptors (Lipinski definition) is 7. The lowest BCUT2D eigenvalue weighted by Gasteiger charge is -2.27. The van der Waals surface area contributed by atoms with Gasteiger partial charge in [0.1, 0.15) is 0 Å². The van der Waals surface area contributed by atoms with Crippen LogP contribution in [0.4, 0.5) is 0 Å². The van der Waals surface area contributed by atoms with Gasteiger partial charge in [0.05, 0.1) is 4.50 Å². The number of nitrogens with zero attached hydrogens (tertiary/aromatic N) is 1. The zero-order valence-electron chi connectivity index (χ0n) is 31.3. The molecular formula is C46H41NO3S4Si. The number of thiophene rings is 4. The Hall–Kier alpha value is -4.16. The van der Waals surface area contributed by atoms with Gasteiger partial charge in [0, 0.05) is 77.4 Å². The number of rotatable bonds is 13. The Balaban J connectivity index is 1.06. The van der Waals surface area contributed by atoms with E-state index in [1.54, 1.807) is 11.3 Å². The van der Waals surface area contributed by atoms with Crippen LogP contribution < -0.4 is 4.50 Å². The van der Waals surface area contributed by atoms with Gasteiger partial charge in [-0.1, -0.05) is 48.5 Å². The Morgan fingerprint density at radius 3 is 1.78 bits per heavy atom. The standard InChI is InChI=1S/C46H41NO3S4Si/c1-5-48-55(49-6-2,50-7-3)45-23-22-44(54-45)43-21-20-42(53-43)41-19-18-40(52-41)34-14-16-38-36(27-34)37-28-35(46-30(4)24-25-51-46)15-17-39(37)47(38)29-31-12-13-32-10-8-9-11-33(32)26-31/h8-28H,5-7,29H2,1-4H3. The summed E-state index contributed by atoms with van der Waals surface area (Å²) in [6.07, 6.45) is 0. The zero-order valence-corrected chi connectivity index (χ0v) is 35.5. The minimum absolute atomic E-state index is 0.555. The van der Waals surface area contributed by atoms with Crippen molar-refractivity contribution in [2.45, 2.75) is 34.2 Å². The van der Waals surface area contributed by atoms with Crippen LogP contribution in [0.25, 0.3) is 73.0 Å². The second-order valence-electron chi connectivity index (χ2n) is 13.5. The maximum Gasteiger partial charge on any atom is 0.547 e. The molecule has 0 radical (unpaired) electrons. The lowest BCUT2D eigenvalue weighted by atomic mass is 10.0. The molecule has 0 saturated carbocycles. The molecule has 4 nitrogen and oxygen atoms in total. The molecule has 5 aromatic heterocycles. The third kappa shape index (κ3) is 6.87. The summed E-state index contributed by atoms with van der Waals surface area (Å²) in [6.45, 7) is 10.7. The lowest BCUT2D eigenvalue weighted by molar-refractivity contribution is 0.0866. The molecule has 5 heterocycles. The van der Waals surface area contributed by atoms with Crippen molar-refractivity contribution in [3.8, 4) is 40.4 Å². The van der Waals surface area contributed by atoms with Crippen LogP contribution >= 0.6 is 45.3 Å². The molecule has 0 aliphatic heterocycles. The zero-order chi connectivity index (χ0) is 37.5. The largest absolute Gasteiger partial charge is 0.547 e. The van der Waals surface area contributed by atoms with Gasteiger partial charge < -0.3 is 17.8 Å². The van der Waals surface area contributed by atoms with Gasteiger partial charge >= 0.3 is 8.80 Å². The summed E-state index contributed by atoms with van der Waals surface area (Å²) in [4.78, 5) is 7.61. The third-order valence-corrected chi connectivity index (χ3v) is 18.4. The number of fused-ring (bicyclic) bond motifs is 4. The Morgan fingerprint density at radius 2 is 1.13 bits per heavy atom. The smallest absolute Gasteiger partial charge is 0.370 e. The van der Waals surface area contributed by atoms with E-state index >= 15 is 0 Å². The van der Waals surface area contributed by atoms with Gasteiger partial charge in [-0.3, -0.25) is 0 Å². The first-order chi connectivity index (χ1) is 27.0. The van der Waals surface area contributed by atoms with E-state index in [0.29, 0.717) is 19.8 Å². The SMILES string of the molecule is CCO[Si](OCC)(OCC)c1ccc(-c2ccc(-c3ccc(-c4ccc5c(c4)c4cc(-c6sccc6C)ccc4n5Cc4ccc5ccccc5c4)s3)s2)s1. The fourth-order valence-corrected chi connectivity index (χ4v) is 14.9. The molecule has 0 unspecified atom stereocenters. The molecule has 276 valence electrons. The van der Waals surface area contributed by atoms with E-state index < -0.39 is 8.80 Å². The van der Waals surface area contributed by atoms with Crippen LogP contribution in [0.15, 0.2) is 127 Å². The fraction of sp³-hybridized carbons (Fsp3) is 0.174. The average Bonchev–Trinajstić information content (AvgIpc) is 4.06. The minimum atomic E-state index is -2.94. The molecule has 0 aliphatic rings. The summed E-state index contributed by atoms with van der Waals surface area (Å²) in [5.41, 5.74) is 7.67. The van der Waals surface area contributed by atoms with Crippen molar-refractivity contribution in [3.63, 3.8) is 0 Å². The lowest BCUT2D eigenvalue weighted by Crippen LogP contribution is -2.55. The van der Waals surface area contributed by atoms with Gasteiger partial charge in [-0.05, 0) is 139 Å². The van der Waals surface area contributed by atoms with E-state index in [0.717, 1.165) is 11.0 Å². The van der Waals surface area contributed by atoms with Gasteiger partial charge in [0.25, 0.3) is 0 Å². The molecule has 0 fully saturated rings. The molecule has 0 atom stereocenters. The van der Waals surface area contributed by atoms with Crippen molar-refractivity contribution in [1.29, 1.82) is 0 Å². The van der Waals surface area contributed by atoms with Gasteiger partial charge in [-0.25, -0.2) is 0 Å². The Labute approximate surface area is 339 Å². The van der Waals surface area contributed by atoms with E-state index in [4.69, 9.17) is 13.3 Å². The number of benzene rings is 4. The molecule has 9 heteroatoms. The topological polar surface area (TPSA) is 32.6 Å². The minimum Gasteiger partial charge on any atom is -0.370 e. The molecule has 4 aromatic carbocycles. The molecule has 0 spiro atoms. The van der Waals surface area contributed by atoms with Gasteiger partial charge in [0.2, 0.25) is 0 Å². The van der Waals surface area contributed by atoms with Crippen molar-refractivity contribution in [2.75, 3.05) is 19.8 Å². The first-order valence-electron chi connectivity index (χ1n) is 18.8. The van der Waals surface area contributed by atoms with Crippen molar-refractivity contribution in [3.05, 3.63) is 138 Å². The summed E-state index contributed by atoms with van der Waals surface area (Å²) >= 11 is 7.24. The molecule has 9 aromatic rings. The van der Waals surface area contributed by atoms with Gasteiger partial charge in [0.15, 0.2) is 0 Å². The monoisotopic (exact) mass is 811 g/mol. The summed E-state index contributed by atoms with van der Waals surface area (Å²) in [6, 6.07) is 45.1. The van der Waals surface area contributed by atoms with Crippen molar-refractivity contribution >= 4 is 91.2 Å². The van der Waals surface area contributed by atoms with Gasteiger partial charge in [-0.2, -0.15) is 0 Å². The molecular weight excluding hydrogens is 771 g/mol. The van der Waals surface area contributed by atoms with E-state index in [2.05, 4.69) is 138 Å². The molecule has 0 N–H and O–H groups in total. The van der Waals surface area contributed by atoms with Crippen molar-refractivity contribution in [2.24, 2.45) is 0 Å². The number of aryl methyl sites for hydroxylation is 1. The predicted molar refractivity (Wildman–Crippen MR) is 241 cm³/mol. The highest BCUT2D eigenvalue weighted by molar-refractivity contribution is 7.30. The first kappa shape index (κ1) is 36.5.